The first-order valence-corrected chi connectivity index (χ1v) is 4.00. The Labute approximate surface area is 77.3 Å². The van der Waals surface area contributed by atoms with E-state index in [4.69, 9.17) is 5.73 Å². The fourth-order valence-electron chi connectivity index (χ4n) is 1.34. The zero-order chi connectivity index (χ0) is 10.2. The molecular weight excluding hydrogens is 168 g/mol. The Hall–Kier alpha value is -1.45. The third kappa shape index (κ3) is 1.28. The first-order chi connectivity index (χ1) is 6.00. The zero-order valence-corrected chi connectivity index (χ0v) is 8.34. The number of rotatable bonds is 1. The number of hydrogen-bond acceptors (Lipinski definition) is 3. The van der Waals surface area contributed by atoms with Crippen molar-refractivity contribution in [1.29, 1.82) is 0 Å². The predicted molar refractivity (Wildman–Crippen MR) is 50.6 cm³/mol. The van der Waals surface area contributed by atoms with Gasteiger partial charge < -0.3 is 15.0 Å². The van der Waals surface area contributed by atoms with Gasteiger partial charge in [-0.05, 0) is 13.8 Å². The van der Waals surface area contributed by atoms with Gasteiger partial charge in [0, 0.05) is 18.4 Å². The summed E-state index contributed by atoms with van der Waals surface area (Å²) in [6.07, 6.45) is 0. The van der Waals surface area contributed by atoms with Gasteiger partial charge in [0.15, 0.2) is 0 Å². The second kappa shape index (κ2) is 3.12. The van der Waals surface area contributed by atoms with Crippen LogP contribution in [-0.4, -0.2) is 17.6 Å². The van der Waals surface area contributed by atoms with E-state index in [0.717, 1.165) is 11.4 Å². The van der Waals surface area contributed by atoms with E-state index in [1.807, 2.05) is 25.5 Å². The van der Waals surface area contributed by atoms with Crippen molar-refractivity contribution in [1.82, 2.24) is 4.57 Å². The first kappa shape index (κ1) is 9.64. The third-order valence-corrected chi connectivity index (χ3v) is 2.42. The van der Waals surface area contributed by atoms with E-state index in [9.17, 15) is 4.79 Å². The molecule has 1 heterocycles. The van der Waals surface area contributed by atoms with Crippen LogP contribution in [0.4, 0.5) is 5.69 Å². The molecule has 13 heavy (non-hydrogen) atoms. The highest BCUT2D eigenvalue weighted by Crippen LogP contribution is 2.23. The minimum atomic E-state index is -0.376. The summed E-state index contributed by atoms with van der Waals surface area (Å²) in [5.41, 5.74) is 8.46. The number of esters is 1. The Morgan fingerprint density at radius 3 is 2.23 bits per heavy atom. The van der Waals surface area contributed by atoms with Gasteiger partial charge in [-0.15, -0.1) is 0 Å². The molecule has 4 nitrogen and oxygen atoms in total. The Kier molecular flexibility index (Phi) is 2.32. The number of nitrogen functional groups attached to an aromatic ring is 1. The van der Waals surface area contributed by atoms with Gasteiger partial charge >= 0.3 is 5.97 Å². The average Bonchev–Trinajstić information content (AvgIpc) is 2.30. The molecule has 72 valence electrons. The SMILES string of the molecule is COC(=O)c1c(N)c(C)n(C)c1C. The standard InChI is InChI=1S/C9H14N2O2/c1-5-7(9(12)13-4)8(10)6(2)11(5)3/h10H2,1-4H3. The van der Waals surface area contributed by atoms with Gasteiger partial charge in [0.1, 0.15) is 5.56 Å². The van der Waals surface area contributed by atoms with Crippen molar-refractivity contribution in [3.05, 3.63) is 17.0 Å². The average molecular weight is 182 g/mol. The second-order valence-electron chi connectivity index (χ2n) is 3.01. The van der Waals surface area contributed by atoms with Crippen LogP contribution in [-0.2, 0) is 11.8 Å². The molecule has 1 rings (SSSR count). The van der Waals surface area contributed by atoms with Gasteiger partial charge in [-0.25, -0.2) is 4.79 Å². The fraction of sp³-hybridized carbons (Fsp3) is 0.444. The van der Waals surface area contributed by atoms with Gasteiger partial charge in [0.2, 0.25) is 0 Å². The van der Waals surface area contributed by atoms with Crippen molar-refractivity contribution < 1.29 is 9.53 Å². The fourth-order valence-corrected chi connectivity index (χ4v) is 1.34. The van der Waals surface area contributed by atoms with E-state index in [1.165, 1.54) is 7.11 Å². The largest absolute Gasteiger partial charge is 0.465 e. The van der Waals surface area contributed by atoms with E-state index < -0.39 is 0 Å². The smallest absolute Gasteiger partial charge is 0.341 e. The van der Waals surface area contributed by atoms with Gasteiger partial charge in [-0.2, -0.15) is 0 Å². The summed E-state index contributed by atoms with van der Waals surface area (Å²) in [5.74, 6) is -0.376. The maximum absolute atomic E-state index is 11.3. The Morgan fingerprint density at radius 2 is 1.92 bits per heavy atom. The molecule has 0 aliphatic rings. The van der Waals surface area contributed by atoms with Crippen LogP contribution < -0.4 is 5.73 Å². The van der Waals surface area contributed by atoms with Gasteiger partial charge in [-0.3, -0.25) is 0 Å². The van der Waals surface area contributed by atoms with Crippen molar-refractivity contribution >= 4 is 11.7 Å². The lowest BCUT2D eigenvalue weighted by molar-refractivity contribution is 0.0601. The monoisotopic (exact) mass is 182 g/mol. The summed E-state index contributed by atoms with van der Waals surface area (Å²) in [7, 11) is 3.22. The molecule has 0 aliphatic carbocycles. The van der Waals surface area contributed by atoms with Crippen molar-refractivity contribution in [2.24, 2.45) is 7.05 Å². The lowest BCUT2D eigenvalue weighted by Gasteiger charge is -1.99. The molecule has 0 aromatic carbocycles. The summed E-state index contributed by atoms with van der Waals surface area (Å²) in [6, 6.07) is 0. The lowest BCUT2D eigenvalue weighted by Crippen LogP contribution is -2.05. The molecule has 0 fully saturated rings. The molecule has 0 saturated carbocycles. The number of ether oxygens (including phenoxy) is 1. The van der Waals surface area contributed by atoms with Crippen LogP contribution in [0.25, 0.3) is 0 Å². The highest BCUT2D eigenvalue weighted by atomic mass is 16.5. The minimum absolute atomic E-state index is 0.376. The molecule has 0 bridgehead atoms. The number of aromatic nitrogens is 1. The molecule has 0 amide bonds. The van der Waals surface area contributed by atoms with Crippen molar-refractivity contribution in [2.75, 3.05) is 12.8 Å². The summed E-state index contributed by atoms with van der Waals surface area (Å²) < 4.78 is 6.51. The number of carbonyl (C=O) groups excluding carboxylic acids is 1. The van der Waals surface area contributed by atoms with Crippen LogP contribution in [0.15, 0.2) is 0 Å². The van der Waals surface area contributed by atoms with E-state index in [2.05, 4.69) is 4.74 Å². The Morgan fingerprint density at radius 1 is 1.38 bits per heavy atom. The molecule has 1 aromatic rings. The maximum atomic E-state index is 11.3. The van der Waals surface area contributed by atoms with Crippen molar-refractivity contribution in [3.63, 3.8) is 0 Å². The van der Waals surface area contributed by atoms with Gasteiger partial charge in [0.05, 0.1) is 12.8 Å². The molecule has 2 N–H and O–H groups in total. The highest BCUT2D eigenvalue weighted by molar-refractivity contribution is 5.97. The molecule has 0 aliphatic heterocycles. The van der Waals surface area contributed by atoms with Crippen LogP contribution in [0.1, 0.15) is 21.7 Å². The van der Waals surface area contributed by atoms with Crippen LogP contribution in [0, 0.1) is 13.8 Å². The Balaban J connectivity index is 3.37. The van der Waals surface area contributed by atoms with Gasteiger partial charge in [0.25, 0.3) is 0 Å². The molecule has 0 radical (unpaired) electrons. The summed E-state index contributed by atoms with van der Waals surface area (Å²) in [5, 5.41) is 0. The van der Waals surface area contributed by atoms with E-state index >= 15 is 0 Å². The number of carbonyl (C=O) groups is 1. The number of methoxy groups -OCH3 is 1. The normalized spacial score (nSPS) is 10.2. The molecule has 0 atom stereocenters. The Bertz CT molecular complexity index is 327. The van der Waals surface area contributed by atoms with Crippen molar-refractivity contribution in [2.45, 2.75) is 13.8 Å². The van der Waals surface area contributed by atoms with Gasteiger partial charge in [-0.1, -0.05) is 0 Å². The maximum Gasteiger partial charge on any atom is 0.341 e. The van der Waals surface area contributed by atoms with E-state index in [0.29, 0.717) is 11.3 Å². The van der Waals surface area contributed by atoms with Crippen molar-refractivity contribution in [3.8, 4) is 0 Å². The molecule has 4 heteroatoms. The van der Waals surface area contributed by atoms with Crippen LogP contribution >= 0.6 is 0 Å². The van der Waals surface area contributed by atoms with E-state index in [-0.39, 0.29) is 5.97 Å². The molecule has 0 unspecified atom stereocenters. The molecule has 0 saturated heterocycles. The molecular formula is C9H14N2O2. The topological polar surface area (TPSA) is 57.2 Å². The molecule has 1 aromatic heterocycles. The number of nitrogens with two attached hydrogens (primary N) is 1. The van der Waals surface area contributed by atoms with Crippen LogP contribution in [0.5, 0.6) is 0 Å². The number of hydrogen-bond donors (Lipinski definition) is 1. The minimum Gasteiger partial charge on any atom is -0.465 e. The predicted octanol–water partition coefficient (Wildman–Crippen LogP) is 1.01. The number of anilines is 1. The zero-order valence-electron chi connectivity index (χ0n) is 8.34. The third-order valence-electron chi connectivity index (χ3n) is 2.42. The highest BCUT2D eigenvalue weighted by Gasteiger charge is 2.19. The lowest BCUT2D eigenvalue weighted by atomic mass is 10.2. The second-order valence-corrected chi connectivity index (χ2v) is 3.01. The summed E-state index contributed by atoms with van der Waals surface area (Å²) >= 11 is 0. The quantitative estimate of drug-likeness (QED) is 0.659. The summed E-state index contributed by atoms with van der Waals surface area (Å²) in [4.78, 5) is 11.3. The van der Waals surface area contributed by atoms with Crippen LogP contribution in [0.2, 0.25) is 0 Å². The van der Waals surface area contributed by atoms with E-state index in [1.54, 1.807) is 0 Å². The number of nitrogens with zero attached hydrogens (tertiary/aromatic N) is 1. The first-order valence-electron chi connectivity index (χ1n) is 4.00. The summed E-state index contributed by atoms with van der Waals surface area (Å²) in [6.45, 7) is 3.71. The van der Waals surface area contributed by atoms with Crippen LogP contribution in [0.3, 0.4) is 0 Å². The molecule has 0 spiro atoms.